The van der Waals surface area contributed by atoms with Crippen LogP contribution in [-0.4, -0.2) is 17.4 Å². The Labute approximate surface area is 114 Å². The molecule has 0 saturated heterocycles. The lowest BCUT2D eigenvalue weighted by atomic mass is 9.96. The molecular weight excluding hydrogens is 242 g/mol. The van der Waals surface area contributed by atoms with Crippen molar-refractivity contribution in [3.8, 4) is 5.75 Å². The summed E-state index contributed by atoms with van der Waals surface area (Å²) in [6, 6.07) is 8.89. The fraction of sp³-hybridized carbons (Fsp3) is 0.600. The molecule has 0 amide bonds. The largest absolute Gasteiger partial charge is 0.491 e. The highest BCUT2D eigenvalue weighted by Gasteiger charge is 2.19. The third-order valence-corrected chi connectivity index (χ3v) is 4.57. The first kappa shape index (κ1) is 13.8. The van der Waals surface area contributed by atoms with Gasteiger partial charge in [0.05, 0.1) is 6.10 Å². The SMILES string of the molecule is CC(C)Oc1ccc(SC2CCC(N)CC2)cc1. The molecule has 2 nitrogen and oxygen atoms in total. The van der Waals surface area contributed by atoms with Crippen molar-refractivity contribution in [1.82, 2.24) is 0 Å². The number of ether oxygens (including phenoxy) is 1. The number of benzene rings is 1. The van der Waals surface area contributed by atoms with Gasteiger partial charge in [-0.25, -0.2) is 0 Å². The fourth-order valence-corrected chi connectivity index (χ4v) is 3.45. The molecular formula is C15H23NOS. The molecule has 2 N–H and O–H groups in total. The van der Waals surface area contributed by atoms with E-state index in [0.717, 1.165) is 11.0 Å². The first-order valence-electron chi connectivity index (χ1n) is 6.82. The van der Waals surface area contributed by atoms with Crippen LogP contribution in [0.1, 0.15) is 39.5 Å². The summed E-state index contributed by atoms with van der Waals surface area (Å²) in [6.45, 7) is 4.10. The third-order valence-electron chi connectivity index (χ3n) is 3.22. The van der Waals surface area contributed by atoms with E-state index in [0.29, 0.717) is 6.04 Å². The minimum atomic E-state index is 0.239. The van der Waals surface area contributed by atoms with Gasteiger partial charge in [0.1, 0.15) is 5.75 Å². The average Bonchev–Trinajstić information content (AvgIpc) is 2.34. The summed E-state index contributed by atoms with van der Waals surface area (Å²) < 4.78 is 5.65. The number of rotatable bonds is 4. The molecule has 0 heterocycles. The van der Waals surface area contributed by atoms with Gasteiger partial charge in [0.15, 0.2) is 0 Å². The Balaban J connectivity index is 1.86. The summed E-state index contributed by atoms with van der Waals surface area (Å²) in [5, 5.41) is 0.738. The van der Waals surface area contributed by atoms with Gasteiger partial charge in [0, 0.05) is 16.2 Å². The number of hydrogen-bond acceptors (Lipinski definition) is 3. The lowest BCUT2D eigenvalue weighted by Gasteiger charge is -2.25. The molecule has 2 rings (SSSR count). The second kappa shape index (κ2) is 6.48. The zero-order chi connectivity index (χ0) is 13.0. The molecule has 0 aliphatic heterocycles. The molecule has 1 aliphatic rings. The summed E-state index contributed by atoms with van der Waals surface area (Å²) in [4.78, 5) is 1.34. The molecule has 0 atom stereocenters. The average molecular weight is 265 g/mol. The Kier molecular flexibility index (Phi) is 4.95. The maximum Gasteiger partial charge on any atom is 0.119 e. The Morgan fingerprint density at radius 3 is 2.28 bits per heavy atom. The van der Waals surface area contributed by atoms with Gasteiger partial charge in [-0.3, -0.25) is 0 Å². The molecule has 3 heteroatoms. The summed E-state index contributed by atoms with van der Waals surface area (Å²) >= 11 is 1.98. The number of nitrogens with two attached hydrogens (primary N) is 1. The van der Waals surface area contributed by atoms with Gasteiger partial charge < -0.3 is 10.5 Å². The molecule has 1 aliphatic carbocycles. The van der Waals surface area contributed by atoms with Crippen molar-refractivity contribution < 1.29 is 4.74 Å². The van der Waals surface area contributed by atoms with E-state index in [4.69, 9.17) is 10.5 Å². The molecule has 1 saturated carbocycles. The maximum atomic E-state index is 5.93. The molecule has 0 bridgehead atoms. The fourth-order valence-electron chi connectivity index (χ4n) is 2.27. The Morgan fingerprint density at radius 1 is 1.11 bits per heavy atom. The van der Waals surface area contributed by atoms with Gasteiger partial charge in [-0.05, 0) is 63.8 Å². The van der Waals surface area contributed by atoms with E-state index in [1.54, 1.807) is 0 Å². The highest BCUT2D eigenvalue weighted by Crippen LogP contribution is 2.33. The Bertz CT molecular complexity index is 355. The predicted octanol–water partition coefficient (Wildman–Crippen LogP) is 3.84. The highest BCUT2D eigenvalue weighted by atomic mass is 32.2. The summed E-state index contributed by atoms with van der Waals surface area (Å²) in [6.07, 6.45) is 5.08. The Hall–Kier alpha value is -0.670. The molecule has 18 heavy (non-hydrogen) atoms. The van der Waals surface area contributed by atoms with Crippen LogP contribution in [0.4, 0.5) is 0 Å². The standard InChI is InChI=1S/C15H23NOS/c1-11(2)17-13-5-9-15(10-6-13)18-14-7-3-12(16)4-8-14/h5-6,9-12,14H,3-4,7-8,16H2,1-2H3. The first-order chi connectivity index (χ1) is 8.63. The minimum absolute atomic E-state index is 0.239. The van der Waals surface area contributed by atoms with Gasteiger partial charge >= 0.3 is 0 Å². The summed E-state index contributed by atoms with van der Waals surface area (Å²) in [5.74, 6) is 0.958. The van der Waals surface area contributed by atoms with Crippen LogP contribution >= 0.6 is 11.8 Å². The zero-order valence-corrected chi connectivity index (χ0v) is 12.1. The Morgan fingerprint density at radius 2 is 1.72 bits per heavy atom. The van der Waals surface area contributed by atoms with Gasteiger partial charge in [0.25, 0.3) is 0 Å². The second-order valence-electron chi connectivity index (χ2n) is 5.29. The number of thioether (sulfide) groups is 1. The molecule has 0 radical (unpaired) electrons. The van der Waals surface area contributed by atoms with Crippen molar-refractivity contribution in [2.24, 2.45) is 5.73 Å². The topological polar surface area (TPSA) is 35.2 Å². The van der Waals surface area contributed by atoms with Crippen LogP contribution in [-0.2, 0) is 0 Å². The molecule has 1 aromatic rings. The van der Waals surface area contributed by atoms with E-state index in [1.165, 1.54) is 30.6 Å². The van der Waals surface area contributed by atoms with Crippen molar-refractivity contribution >= 4 is 11.8 Å². The van der Waals surface area contributed by atoms with Crippen LogP contribution in [0.25, 0.3) is 0 Å². The third kappa shape index (κ3) is 4.21. The van der Waals surface area contributed by atoms with Crippen molar-refractivity contribution in [2.75, 3.05) is 0 Å². The molecule has 1 fully saturated rings. The normalized spacial score (nSPS) is 24.2. The van der Waals surface area contributed by atoms with Crippen molar-refractivity contribution in [3.05, 3.63) is 24.3 Å². The molecule has 0 unspecified atom stereocenters. The highest BCUT2D eigenvalue weighted by molar-refractivity contribution is 8.00. The van der Waals surface area contributed by atoms with Gasteiger partial charge in [0.2, 0.25) is 0 Å². The lowest BCUT2D eigenvalue weighted by molar-refractivity contribution is 0.242. The molecule has 100 valence electrons. The quantitative estimate of drug-likeness (QED) is 0.898. The molecule has 0 aromatic heterocycles. The van der Waals surface area contributed by atoms with Crippen molar-refractivity contribution in [3.63, 3.8) is 0 Å². The zero-order valence-electron chi connectivity index (χ0n) is 11.3. The van der Waals surface area contributed by atoms with Gasteiger partial charge in [-0.1, -0.05) is 0 Å². The van der Waals surface area contributed by atoms with Crippen LogP contribution in [0.2, 0.25) is 0 Å². The van der Waals surface area contributed by atoms with Crippen LogP contribution in [0, 0.1) is 0 Å². The molecule has 1 aromatic carbocycles. The van der Waals surface area contributed by atoms with E-state index in [-0.39, 0.29) is 6.10 Å². The van der Waals surface area contributed by atoms with E-state index in [2.05, 4.69) is 24.3 Å². The van der Waals surface area contributed by atoms with Crippen LogP contribution in [0.15, 0.2) is 29.2 Å². The van der Waals surface area contributed by atoms with Gasteiger partial charge in [-0.2, -0.15) is 0 Å². The number of hydrogen-bond donors (Lipinski definition) is 1. The van der Waals surface area contributed by atoms with Gasteiger partial charge in [-0.15, -0.1) is 11.8 Å². The predicted molar refractivity (Wildman–Crippen MR) is 78.3 cm³/mol. The smallest absolute Gasteiger partial charge is 0.119 e. The minimum Gasteiger partial charge on any atom is -0.491 e. The van der Waals surface area contributed by atoms with E-state index in [9.17, 15) is 0 Å². The summed E-state index contributed by atoms with van der Waals surface area (Å²) in [7, 11) is 0. The maximum absolute atomic E-state index is 5.93. The first-order valence-corrected chi connectivity index (χ1v) is 7.70. The van der Waals surface area contributed by atoms with E-state index in [1.807, 2.05) is 25.6 Å². The van der Waals surface area contributed by atoms with Crippen molar-refractivity contribution in [1.29, 1.82) is 0 Å². The molecule has 0 spiro atoms. The lowest BCUT2D eigenvalue weighted by Crippen LogP contribution is -2.27. The summed E-state index contributed by atoms with van der Waals surface area (Å²) in [5.41, 5.74) is 5.93. The van der Waals surface area contributed by atoms with E-state index >= 15 is 0 Å². The second-order valence-corrected chi connectivity index (χ2v) is 6.67. The monoisotopic (exact) mass is 265 g/mol. The van der Waals surface area contributed by atoms with E-state index < -0.39 is 0 Å². The van der Waals surface area contributed by atoms with Crippen LogP contribution in [0.5, 0.6) is 5.75 Å². The van der Waals surface area contributed by atoms with Crippen LogP contribution < -0.4 is 10.5 Å². The van der Waals surface area contributed by atoms with Crippen LogP contribution in [0.3, 0.4) is 0 Å². The van der Waals surface area contributed by atoms with Crippen molar-refractivity contribution in [2.45, 2.75) is 61.8 Å².